The number of esters is 1. The van der Waals surface area contributed by atoms with Gasteiger partial charge in [-0.25, -0.2) is 4.79 Å². The summed E-state index contributed by atoms with van der Waals surface area (Å²) in [6, 6.07) is 8.18. The van der Waals surface area contributed by atoms with Crippen LogP contribution in [0.25, 0.3) is 0 Å². The minimum absolute atomic E-state index is 0.0607. The number of hydrogen-bond donors (Lipinski definition) is 1. The van der Waals surface area contributed by atoms with Crippen LogP contribution in [0.2, 0.25) is 10.0 Å². The van der Waals surface area contributed by atoms with Crippen LogP contribution in [0.4, 0.5) is 17.2 Å². The normalized spacial score (nSPS) is 15.0. The molecule has 0 fully saturated rings. The molecule has 0 bridgehead atoms. The van der Waals surface area contributed by atoms with Gasteiger partial charge in [-0.05, 0) is 94.0 Å². The van der Waals surface area contributed by atoms with Gasteiger partial charge in [-0.1, -0.05) is 35.3 Å². The summed E-state index contributed by atoms with van der Waals surface area (Å²) in [6.45, 7) is 9.91. The van der Waals surface area contributed by atoms with E-state index in [1.165, 1.54) is 7.11 Å². The molecule has 1 aromatic heterocycles. The first-order chi connectivity index (χ1) is 19.5. The summed E-state index contributed by atoms with van der Waals surface area (Å²) < 4.78 is 6.46. The molecule has 3 heterocycles. The predicted molar refractivity (Wildman–Crippen MR) is 172 cm³/mol. The summed E-state index contributed by atoms with van der Waals surface area (Å²) in [5.74, 6) is 0.641. The average molecular weight is 618 g/mol. The minimum atomic E-state index is -0.245. The van der Waals surface area contributed by atoms with Crippen molar-refractivity contribution in [2.75, 3.05) is 36.3 Å². The lowest BCUT2D eigenvalue weighted by Gasteiger charge is -2.33. The Kier molecular flexibility index (Phi) is 9.88. The largest absolute Gasteiger partial charge is 0.466 e. The summed E-state index contributed by atoms with van der Waals surface area (Å²) in [4.78, 5) is 28.4. The second kappa shape index (κ2) is 13.0. The Morgan fingerprint density at radius 2 is 1.44 bits per heavy atom. The SMILES string of the molecule is COC(=O)C1=C(SC)N(c2c(C)cc(C)cc2Cl)CCC1.Cc1cc(C)c(N2CCCc3c2[nH]n(C)c3=O)c(Cl)c1. The Bertz CT molecular complexity index is 1510. The molecule has 0 saturated heterocycles. The summed E-state index contributed by atoms with van der Waals surface area (Å²) in [5, 5.41) is 5.56. The fraction of sp³-hybridized carbons (Fsp3) is 0.419. The number of hydrogen-bond acceptors (Lipinski definition) is 6. The molecule has 3 aromatic rings. The summed E-state index contributed by atoms with van der Waals surface area (Å²) in [7, 11) is 3.18. The molecule has 0 radical (unpaired) electrons. The van der Waals surface area contributed by atoms with E-state index in [-0.39, 0.29) is 11.5 Å². The Morgan fingerprint density at radius 1 is 0.902 bits per heavy atom. The number of fused-ring (bicyclic) bond motifs is 1. The van der Waals surface area contributed by atoms with Crippen LogP contribution in [-0.4, -0.2) is 42.2 Å². The molecule has 0 atom stereocenters. The number of carbonyl (C=O) groups is 1. The highest BCUT2D eigenvalue weighted by Crippen LogP contribution is 2.40. The van der Waals surface area contributed by atoms with E-state index in [0.29, 0.717) is 0 Å². The Balaban J connectivity index is 0.000000189. The number of methoxy groups -OCH3 is 1. The van der Waals surface area contributed by atoms with Crippen LogP contribution < -0.4 is 15.4 Å². The zero-order valence-corrected chi connectivity index (χ0v) is 27.1. The highest BCUT2D eigenvalue weighted by molar-refractivity contribution is 8.02. The Hall–Kier alpha value is -2.81. The lowest BCUT2D eigenvalue weighted by atomic mass is 10.0. The predicted octanol–water partition coefficient (Wildman–Crippen LogP) is 7.37. The van der Waals surface area contributed by atoms with Gasteiger partial charge in [-0.2, -0.15) is 0 Å². The van der Waals surface area contributed by atoms with Crippen LogP contribution in [-0.2, 0) is 23.0 Å². The molecule has 41 heavy (non-hydrogen) atoms. The van der Waals surface area contributed by atoms with E-state index in [9.17, 15) is 9.59 Å². The van der Waals surface area contributed by atoms with Crippen LogP contribution >= 0.6 is 35.0 Å². The van der Waals surface area contributed by atoms with Gasteiger partial charge < -0.3 is 14.5 Å². The number of anilines is 3. The number of nitrogens with zero attached hydrogens (tertiary/aromatic N) is 3. The zero-order chi connectivity index (χ0) is 30.0. The number of thioether (sulfide) groups is 1. The number of benzene rings is 2. The number of carbonyl (C=O) groups excluding carboxylic acids is 1. The number of nitrogens with one attached hydrogen (secondary N) is 1. The number of ether oxygens (including phenoxy) is 1. The highest BCUT2D eigenvalue weighted by Gasteiger charge is 2.28. The zero-order valence-electron chi connectivity index (χ0n) is 24.8. The second-order valence-corrected chi connectivity index (χ2v) is 12.2. The van der Waals surface area contributed by atoms with Crippen molar-refractivity contribution < 1.29 is 9.53 Å². The molecule has 2 aliphatic rings. The monoisotopic (exact) mass is 616 g/mol. The first-order valence-electron chi connectivity index (χ1n) is 13.7. The standard InChI is InChI=1S/C16H20ClNO2S.C15H18ClN3O/c1-10-8-11(2)14(13(17)9-10)18-7-5-6-12(15(18)21-4)16(19)20-3;1-9-7-10(2)13(12(16)8-9)19-6-4-5-11-14(19)17-18(3)15(11)20/h8-9H,5-7H2,1-4H3;7-8,17H,4-6H2,1-3H3. The van der Waals surface area contributed by atoms with Crippen LogP contribution in [0.15, 0.2) is 39.7 Å². The number of aromatic nitrogens is 2. The molecule has 7 nitrogen and oxygen atoms in total. The summed E-state index contributed by atoms with van der Waals surface area (Å²) in [5.41, 5.74) is 8.20. The van der Waals surface area contributed by atoms with Crippen LogP contribution in [0, 0.1) is 27.7 Å². The van der Waals surface area contributed by atoms with Gasteiger partial charge in [0.1, 0.15) is 5.82 Å². The second-order valence-electron chi connectivity index (χ2n) is 10.6. The van der Waals surface area contributed by atoms with E-state index in [2.05, 4.69) is 40.9 Å². The summed E-state index contributed by atoms with van der Waals surface area (Å²) >= 11 is 14.5. The number of rotatable bonds is 4. The maximum Gasteiger partial charge on any atom is 0.336 e. The van der Waals surface area contributed by atoms with Gasteiger partial charge in [-0.3, -0.25) is 14.6 Å². The lowest BCUT2D eigenvalue weighted by molar-refractivity contribution is -0.136. The van der Waals surface area contributed by atoms with Crippen molar-refractivity contribution in [1.29, 1.82) is 0 Å². The molecule has 0 aliphatic carbocycles. The van der Waals surface area contributed by atoms with Crippen molar-refractivity contribution in [3.8, 4) is 0 Å². The molecule has 220 valence electrons. The topological polar surface area (TPSA) is 70.6 Å². The third-order valence-electron chi connectivity index (χ3n) is 7.47. The van der Waals surface area contributed by atoms with Crippen molar-refractivity contribution in [2.45, 2.75) is 53.4 Å². The number of halogens is 2. The molecule has 2 aromatic carbocycles. The summed E-state index contributed by atoms with van der Waals surface area (Å²) in [6.07, 6.45) is 5.43. The lowest BCUT2D eigenvalue weighted by Crippen LogP contribution is -2.30. The molecule has 0 spiro atoms. The van der Waals surface area contributed by atoms with Gasteiger partial charge in [0.2, 0.25) is 0 Å². The maximum atomic E-state index is 12.1. The molecule has 0 unspecified atom stereocenters. The van der Waals surface area contributed by atoms with E-state index >= 15 is 0 Å². The molecular weight excluding hydrogens is 579 g/mol. The van der Waals surface area contributed by atoms with Crippen molar-refractivity contribution in [3.63, 3.8) is 0 Å². The van der Waals surface area contributed by atoms with Crippen molar-refractivity contribution >= 4 is 58.1 Å². The fourth-order valence-corrected chi connectivity index (χ4v) is 7.50. The Labute approximate surface area is 256 Å². The molecule has 10 heteroatoms. The molecule has 0 amide bonds. The quantitative estimate of drug-likeness (QED) is 0.309. The number of aromatic amines is 1. The highest BCUT2D eigenvalue weighted by atomic mass is 35.5. The maximum absolute atomic E-state index is 12.1. The van der Waals surface area contributed by atoms with Gasteiger partial charge in [0.15, 0.2) is 0 Å². The van der Waals surface area contributed by atoms with Gasteiger partial charge in [-0.15, -0.1) is 11.8 Å². The van der Waals surface area contributed by atoms with Gasteiger partial charge in [0.25, 0.3) is 5.56 Å². The van der Waals surface area contributed by atoms with Crippen LogP contribution in [0.3, 0.4) is 0 Å². The van der Waals surface area contributed by atoms with E-state index < -0.39 is 0 Å². The third-order valence-corrected chi connectivity index (χ3v) is 8.90. The average Bonchev–Trinajstić information content (AvgIpc) is 3.21. The smallest absolute Gasteiger partial charge is 0.336 e. The Morgan fingerprint density at radius 3 is 1.98 bits per heavy atom. The van der Waals surface area contributed by atoms with Gasteiger partial charge >= 0.3 is 5.97 Å². The third kappa shape index (κ3) is 6.35. The number of H-pyrrole nitrogens is 1. The first kappa shape index (κ1) is 31.1. The van der Waals surface area contributed by atoms with E-state index in [4.69, 9.17) is 27.9 Å². The van der Waals surface area contributed by atoms with Crippen LogP contribution in [0.5, 0.6) is 0 Å². The van der Waals surface area contributed by atoms with E-state index in [1.807, 2.05) is 32.2 Å². The van der Waals surface area contributed by atoms with Crippen molar-refractivity contribution in [3.05, 3.63) is 83.1 Å². The number of aryl methyl sites for hydroxylation is 5. The van der Waals surface area contributed by atoms with E-state index in [0.717, 1.165) is 104 Å². The molecule has 2 aliphatic heterocycles. The van der Waals surface area contributed by atoms with Crippen LogP contribution in [0.1, 0.15) is 47.1 Å². The molecular formula is C31H38Cl2N4O3S. The minimum Gasteiger partial charge on any atom is -0.466 e. The first-order valence-corrected chi connectivity index (χ1v) is 15.7. The van der Waals surface area contributed by atoms with Gasteiger partial charge in [0.05, 0.1) is 44.7 Å². The van der Waals surface area contributed by atoms with Crippen molar-refractivity contribution in [1.82, 2.24) is 9.78 Å². The van der Waals surface area contributed by atoms with Gasteiger partial charge in [0, 0.05) is 20.1 Å². The van der Waals surface area contributed by atoms with Crippen molar-refractivity contribution in [2.24, 2.45) is 7.05 Å². The molecule has 1 N–H and O–H groups in total. The molecule has 0 saturated carbocycles. The van der Waals surface area contributed by atoms with E-state index in [1.54, 1.807) is 23.5 Å². The molecule has 5 rings (SSSR count). The fourth-order valence-electron chi connectivity index (χ4n) is 5.82.